The lowest BCUT2D eigenvalue weighted by molar-refractivity contribution is 0.102. The summed E-state index contributed by atoms with van der Waals surface area (Å²) in [6.45, 7) is 4.34. The van der Waals surface area contributed by atoms with E-state index in [1.54, 1.807) is 31.4 Å². The minimum absolute atomic E-state index is 0.227. The van der Waals surface area contributed by atoms with Crippen LogP contribution in [0.3, 0.4) is 0 Å². The molecule has 0 spiro atoms. The fourth-order valence-corrected chi connectivity index (χ4v) is 2.99. The first-order valence-electron chi connectivity index (χ1n) is 7.04. The number of ether oxygens (including phenoxy) is 2. The number of methoxy groups -OCH3 is 1. The summed E-state index contributed by atoms with van der Waals surface area (Å²) in [6.07, 6.45) is 0. The van der Waals surface area contributed by atoms with Gasteiger partial charge in [0.05, 0.1) is 17.3 Å². The predicted octanol–water partition coefficient (Wildman–Crippen LogP) is 4.91. The number of halogens is 2. The molecule has 1 amide bonds. The fourth-order valence-electron chi connectivity index (χ4n) is 2.06. The van der Waals surface area contributed by atoms with E-state index >= 15 is 0 Å². The third-order valence-electron chi connectivity index (χ3n) is 3.23. The molecule has 0 unspecified atom stereocenters. The zero-order valence-corrected chi connectivity index (χ0v) is 16.0. The number of benzene rings is 2. The molecule has 2 aromatic rings. The maximum absolute atomic E-state index is 12.5. The summed E-state index contributed by atoms with van der Waals surface area (Å²) in [4.78, 5) is 12.5. The van der Waals surface area contributed by atoms with Gasteiger partial charge in [-0.15, -0.1) is 0 Å². The van der Waals surface area contributed by atoms with Crippen LogP contribution in [0.25, 0.3) is 0 Å². The van der Waals surface area contributed by atoms with Gasteiger partial charge in [0.2, 0.25) is 0 Å². The normalized spacial score (nSPS) is 10.3. The van der Waals surface area contributed by atoms with Gasteiger partial charge in [0.15, 0.2) is 11.5 Å². The predicted molar refractivity (Wildman–Crippen MR) is 101 cm³/mol. The van der Waals surface area contributed by atoms with E-state index in [0.717, 1.165) is 9.13 Å². The molecule has 0 bridgehead atoms. The monoisotopic (exact) mass is 445 g/mol. The average molecular weight is 446 g/mol. The third-order valence-corrected chi connectivity index (χ3v) is 4.26. The molecule has 122 valence electrons. The largest absolute Gasteiger partial charge is 0.493 e. The van der Waals surface area contributed by atoms with E-state index in [1.165, 1.54) is 0 Å². The Morgan fingerprint density at radius 1 is 1.30 bits per heavy atom. The highest BCUT2D eigenvalue weighted by Gasteiger charge is 2.16. The van der Waals surface area contributed by atoms with Crippen molar-refractivity contribution in [2.45, 2.75) is 13.8 Å². The zero-order chi connectivity index (χ0) is 17.0. The molecule has 1 N–H and O–H groups in total. The van der Waals surface area contributed by atoms with E-state index in [-0.39, 0.29) is 5.91 Å². The highest BCUT2D eigenvalue weighted by atomic mass is 127. The van der Waals surface area contributed by atoms with Crippen LogP contribution >= 0.6 is 34.2 Å². The standard InChI is InChI=1S/C17H17ClINO3/c1-4-23-16-13(19)7-11(8-15(16)22-3)17(21)20-14-9-12(18)6-5-10(14)2/h5-9H,4H2,1-3H3,(H,20,21). The second kappa shape index (κ2) is 7.88. The van der Waals surface area contributed by atoms with Crippen molar-refractivity contribution in [1.29, 1.82) is 0 Å². The molecule has 0 saturated heterocycles. The molecular formula is C17H17ClINO3. The van der Waals surface area contributed by atoms with Crippen molar-refractivity contribution in [1.82, 2.24) is 0 Å². The van der Waals surface area contributed by atoms with Crippen LogP contribution < -0.4 is 14.8 Å². The van der Waals surface area contributed by atoms with Crippen LogP contribution in [0.2, 0.25) is 5.02 Å². The lowest BCUT2D eigenvalue weighted by Gasteiger charge is -2.14. The van der Waals surface area contributed by atoms with E-state index in [4.69, 9.17) is 21.1 Å². The van der Waals surface area contributed by atoms with Crippen LogP contribution in [0.15, 0.2) is 30.3 Å². The Balaban J connectivity index is 2.32. The summed E-state index contributed by atoms with van der Waals surface area (Å²) in [5.74, 6) is 0.951. The van der Waals surface area contributed by atoms with Crippen molar-refractivity contribution in [3.8, 4) is 11.5 Å². The molecule has 0 heterocycles. The number of amides is 1. The zero-order valence-electron chi connectivity index (χ0n) is 13.1. The van der Waals surface area contributed by atoms with E-state index < -0.39 is 0 Å². The molecule has 2 aromatic carbocycles. The Bertz CT molecular complexity index is 734. The van der Waals surface area contributed by atoms with E-state index in [0.29, 0.717) is 34.4 Å². The minimum Gasteiger partial charge on any atom is -0.493 e. The first-order chi connectivity index (χ1) is 11.0. The molecule has 0 fully saturated rings. The van der Waals surface area contributed by atoms with Crippen LogP contribution in [-0.4, -0.2) is 19.6 Å². The number of hydrogen-bond acceptors (Lipinski definition) is 3. The van der Waals surface area contributed by atoms with E-state index in [1.807, 2.05) is 19.9 Å². The first kappa shape index (κ1) is 17.9. The molecule has 0 saturated carbocycles. The van der Waals surface area contributed by atoms with Gasteiger partial charge >= 0.3 is 0 Å². The average Bonchev–Trinajstić information content (AvgIpc) is 2.52. The van der Waals surface area contributed by atoms with Gasteiger partial charge < -0.3 is 14.8 Å². The van der Waals surface area contributed by atoms with E-state index in [9.17, 15) is 4.79 Å². The Kier molecular flexibility index (Phi) is 6.12. The van der Waals surface area contributed by atoms with Crippen molar-refractivity contribution >= 4 is 45.8 Å². The summed E-state index contributed by atoms with van der Waals surface area (Å²) in [6, 6.07) is 8.81. The van der Waals surface area contributed by atoms with Gasteiger partial charge in [0.25, 0.3) is 5.91 Å². The second-order valence-corrected chi connectivity index (χ2v) is 6.43. The van der Waals surface area contributed by atoms with Crippen molar-refractivity contribution in [3.05, 3.63) is 50.1 Å². The van der Waals surface area contributed by atoms with Gasteiger partial charge in [0, 0.05) is 16.3 Å². The molecule has 0 aromatic heterocycles. The van der Waals surface area contributed by atoms with Crippen LogP contribution in [0, 0.1) is 10.5 Å². The molecule has 0 atom stereocenters. The lowest BCUT2D eigenvalue weighted by Crippen LogP contribution is -2.13. The number of hydrogen-bond donors (Lipinski definition) is 1. The number of anilines is 1. The number of nitrogens with one attached hydrogen (secondary N) is 1. The molecule has 2 rings (SSSR count). The Labute approximate surface area is 154 Å². The summed E-state index contributed by atoms with van der Waals surface area (Å²) in [5, 5.41) is 3.45. The van der Waals surface area contributed by atoms with Crippen molar-refractivity contribution in [2.24, 2.45) is 0 Å². The van der Waals surface area contributed by atoms with E-state index in [2.05, 4.69) is 27.9 Å². The first-order valence-corrected chi connectivity index (χ1v) is 8.49. The summed E-state index contributed by atoms with van der Waals surface area (Å²) in [5.41, 5.74) is 2.12. The smallest absolute Gasteiger partial charge is 0.255 e. The molecule has 6 heteroatoms. The highest BCUT2D eigenvalue weighted by molar-refractivity contribution is 14.1. The molecule has 23 heavy (non-hydrogen) atoms. The fraction of sp³-hybridized carbons (Fsp3) is 0.235. The van der Waals surface area contributed by atoms with Crippen LogP contribution in [0.1, 0.15) is 22.8 Å². The summed E-state index contributed by atoms with van der Waals surface area (Å²) in [7, 11) is 1.55. The maximum Gasteiger partial charge on any atom is 0.255 e. The SMILES string of the molecule is CCOc1c(I)cc(C(=O)Nc2cc(Cl)ccc2C)cc1OC. The number of rotatable bonds is 5. The van der Waals surface area contributed by atoms with Gasteiger partial charge in [-0.25, -0.2) is 0 Å². The van der Waals surface area contributed by atoms with Gasteiger partial charge in [0.1, 0.15) is 0 Å². The maximum atomic E-state index is 12.5. The molecule has 0 aliphatic carbocycles. The minimum atomic E-state index is -0.227. The van der Waals surface area contributed by atoms with Crippen molar-refractivity contribution in [3.63, 3.8) is 0 Å². The molecule has 0 aliphatic heterocycles. The van der Waals surface area contributed by atoms with Crippen molar-refractivity contribution in [2.75, 3.05) is 19.0 Å². The summed E-state index contributed by atoms with van der Waals surface area (Å²) >= 11 is 8.11. The number of aryl methyl sites for hydroxylation is 1. The molecule has 4 nitrogen and oxygen atoms in total. The lowest BCUT2D eigenvalue weighted by atomic mass is 10.1. The number of carbonyl (C=O) groups excluding carboxylic acids is 1. The van der Waals surface area contributed by atoms with Gasteiger partial charge in [-0.3, -0.25) is 4.79 Å². The van der Waals surface area contributed by atoms with Gasteiger partial charge in [-0.05, 0) is 66.3 Å². The molecule has 0 radical (unpaired) electrons. The van der Waals surface area contributed by atoms with Gasteiger partial charge in [-0.1, -0.05) is 17.7 Å². The second-order valence-electron chi connectivity index (χ2n) is 4.84. The van der Waals surface area contributed by atoms with Crippen LogP contribution in [-0.2, 0) is 0 Å². The van der Waals surface area contributed by atoms with Crippen LogP contribution in [0.4, 0.5) is 5.69 Å². The Morgan fingerprint density at radius 3 is 2.70 bits per heavy atom. The van der Waals surface area contributed by atoms with Gasteiger partial charge in [-0.2, -0.15) is 0 Å². The van der Waals surface area contributed by atoms with Crippen LogP contribution in [0.5, 0.6) is 11.5 Å². The quantitative estimate of drug-likeness (QED) is 0.665. The molecular weight excluding hydrogens is 429 g/mol. The topological polar surface area (TPSA) is 47.6 Å². The number of carbonyl (C=O) groups is 1. The Morgan fingerprint density at radius 2 is 2.04 bits per heavy atom. The Hall–Kier alpha value is -1.47. The summed E-state index contributed by atoms with van der Waals surface area (Å²) < 4.78 is 11.7. The third kappa shape index (κ3) is 4.29. The molecule has 0 aliphatic rings. The van der Waals surface area contributed by atoms with Crippen molar-refractivity contribution < 1.29 is 14.3 Å². The highest BCUT2D eigenvalue weighted by Crippen LogP contribution is 2.34.